The molecule has 0 fully saturated rings. The summed E-state index contributed by atoms with van der Waals surface area (Å²) in [6.45, 7) is 1.48. The van der Waals surface area contributed by atoms with Gasteiger partial charge in [-0.05, 0) is 24.6 Å². The third-order valence-electron chi connectivity index (χ3n) is 2.81. The van der Waals surface area contributed by atoms with Crippen LogP contribution >= 0.6 is 23.2 Å². The number of alkyl halides is 1. The van der Waals surface area contributed by atoms with Gasteiger partial charge in [0.05, 0.1) is 10.4 Å². The average molecular weight is 305 g/mol. The molecule has 2 rings (SSSR count). The molecular formula is C14H9Cl2F3. The van der Waals surface area contributed by atoms with Crippen molar-refractivity contribution in [1.82, 2.24) is 0 Å². The molecule has 0 aliphatic rings. The monoisotopic (exact) mass is 304 g/mol. The van der Waals surface area contributed by atoms with E-state index in [1.807, 2.05) is 0 Å². The molecule has 0 aromatic heterocycles. The first-order valence-electron chi connectivity index (χ1n) is 5.45. The van der Waals surface area contributed by atoms with Crippen molar-refractivity contribution in [2.45, 2.75) is 12.3 Å². The molecule has 0 saturated carbocycles. The van der Waals surface area contributed by atoms with E-state index in [2.05, 4.69) is 0 Å². The topological polar surface area (TPSA) is 0 Å². The van der Waals surface area contributed by atoms with Crippen molar-refractivity contribution in [1.29, 1.82) is 0 Å². The number of hydrogen-bond donors (Lipinski definition) is 0. The largest absolute Gasteiger partial charge is 0.207 e. The predicted molar refractivity (Wildman–Crippen MR) is 70.2 cm³/mol. The standard InChI is InChI=1S/C14H9Cl2F3/c1-7-5-9(12(18)6-11(7)17)13(16)8-3-2-4-10(15)14(8)19/h2-6,13H,1H3. The van der Waals surface area contributed by atoms with Crippen LogP contribution in [-0.2, 0) is 0 Å². The van der Waals surface area contributed by atoms with Gasteiger partial charge in [0.15, 0.2) is 0 Å². The van der Waals surface area contributed by atoms with E-state index in [4.69, 9.17) is 23.2 Å². The van der Waals surface area contributed by atoms with Gasteiger partial charge in [-0.3, -0.25) is 0 Å². The van der Waals surface area contributed by atoms with Gasteiger partial charge in [-0.2, -0.15) is 0 Å². The van der Waals surface area contributed by atoms with E-state index in [1.54, 1.807) is 0 Å². The van der Waals surface area contributed by atoms with Gasteiger partial charge in [0, 0.05) is 17.2 Å². The number of halogens is 5. The van der Waals surface area contributed by atoms with Crippen molar-refractivity contribution in [2.75, 3.05) is 0 Å². The summed E-state index contributed by atoms with van der Waals surface area (Å²) in [6, 6.07) is 6.31. The molecule has 0 heterocycles. The number of aryl methyl sites for hydroxylation is 1. The van der Waals surface area contributed by atoms with Crippen LogP contribution in [0.3, 0.4) is 0 Å². The molecule has 0 bridgehead atoms. The second-order valence-corrected chi connectivity index (χ2v) is 4.97. The molecule has 0 N–H and O–H groups in total. The molecule has 2 aromatic carbocycles. The zero-order valence-electron chi connectivity index (χ0n) is 9.85. The fourth-order valence-electron chi connectivity index (χ4n) is 1.76. The van der Waals surface area contributed by atoms with Crippen LogP contribution in [0, 0.1) is 24.4 Å². The van der Waals surface area contributed by atoms with Crippen molar-refractivity contribution < 1.29 is 13.2 Å². The predicted octanol–water partition coefficient (Wildman–Crippen LogP) is 5.39. The van der Waals surface area contributed by atoms with Crippen LogP contribution < -0.4 is 0 Å². The molecule has 0 aliphatic heterocycles. The molecule has 1 unspecified atom stereocenters. The average Bonchev–Trinajstić information content (AvgIpc) is 2.36. The van der Waals surface area contributed by atoms with Crippen molar-refractivity contribution in [3.63, 3.8) is 0 Å². The normalized spacial score (nSPS) is 12.5. The SMILES string of the molecule is Cc1cc(C(Cl)c2cccc(Cl)c2F)c(F)cc1F. The zero-order valence-corrected chi connectivity index (χ0v) is 11.4. The summed E-state index contributed by atoms with van der Waals surface area (Å²) in [5, 5.41) is -1.17. The van der Waals surface area contributed by atoms with Crippen molar-refractivity contribution >= 4 is 23.2 Å². The Hall–Kier alpha value is -1.19. The van der Waals surface area contributed by atoms with Gasteiger partial charge < -0.3 is 0 Å². The van der Waals surface area contributed by atoms with E-state index in [1.165, 1.54) is 31.2 Å². The van der Waals surface area contributed by atoms with E-state index in [0.717, 1.165) is 6.07 Å². The van der Waals surface area contributed by atoms with Gasteiger partial charge in [0.1, 0.15) is 17.5 Å². The van der Waals surface area contributed by atoms with Crippen LogP contribution in [-0.4, -0.2) is 0 Å². The van der Waals surface area contributed by atoms with Crippen molar-refractivity contribution in [3.8, 4) is 0 Å². The van der Waals surface area contributed by atoms with E-state index in [9.17, 15) is 13.2 Å². The van der Waals surface area contributed by atoms with Crippen molar-refractivity contribution in [3.05, 3.63) is 69.5 Å². The highest BCUT2D eigenvalue weighted by Crippen LogP contribution is 2.35. The Morgan fingerprint density at radius 3 is 2.37 bits per heavy atom. The lowest BCUT2D eigenvalue weighted by atomic mass is 10.0. The molecular weight excluding hydrogens is 296 g/mol. The molecule has 0 amide bonds. The summed E-state index contributed by atoms with van der Waals surface area (Å²) in [5.74, 6) is -2.19. The quantitative estimate of drug-likeness (QED) is 0.652. The zero-order chi connectivity index (χ0) is 14.2. The Kier molecular flexibility index (Phi) is 4.07. The summed E-state index contributed by atoms with van der Waals surface area (Å²) >= 11 is 11.7. The maximum absolute atomic E-state index is 13.8. The minimum absolute atomic E-state index is 0.0155. The van der Waals surface area contributed by atoms with Gasteiger partial charge in [0.2, 0.25) is 0 Å². The van der Waals surface area contributed by atoms with E-state index < -0.39 is 22.8 Å². The van der Waals surface area contributed by atoms with Gasteiger partial charge in [0.25, 0.3) is 0 Å². The maximum atomic E-state index is 13.8. The Bertz CT molecular complexity index is 626. The molecule has 5 heteroatoms. The summed E-state index contributed by atoms with van der Waals surface area (Å²) < 4.78 is 40.7. The van der Waals surface area contributed by atoms with E-state index in [0.29, 0.717) is 0 Å². The van der Waals surface area contributed by atoms with Crippen molar-refractivity contribution in [2.24, 2.45) is 0 Å². The number of rotatable bonds is 2. The third kappa shape index (κ3) is 2.72. The van der Waals surface area contributed by atoms with E-state index >= 15 is 0 Å². The molecule has 0 radical (unpaired) electrons. The Morgan fingerprint density at radius 2 is 1.68 bits per heavy atom. The summed E-state index contributed by atoms with van der Waals surface area (Å²) in [7, 11) is 0. The Balaban J connectivity index is 2.53. The first-order chi connectivity index (χ1) is 8.91. The highest BCUT2D eigenvalue weighted by atomic mass is 35.5. The second kappa shape index (κ2) is 5.43. The Labute approximate surface area is 118 Å². The molecule has 100 valence electrons. The number of benzene rings is 2. The number of hydrogen-bond acceptors (Lipinski definition) is 0. The van der Waals surface area contributed by atoms with Crippen LogP contribution in [0.1, 0.15) is 22.1 Å². The highest BCUT2D eigenvalue weighted by Gasteiger charge is 2.21. The first-order valence-corrected chi connectivity index (χ1v) is 6.26. The van der Waals surface area contributed by atoms with Crippen LogP contribution in [0.2, 0.25) is 5.02 Å². The van der Waals surface area contributed by atoms with Crippen LogP contribution in [0.25, 0.3) is 0 Å². The molecule has 19 heavy (non-hydrogen) atoms. The fraction of sp³-hybridized carbons (Fsp3) is 0.143. The van der Waals surface area contributed by atoms with Gasteiger partial charge in [-0.25, -0.2) is 13.2 Å². The lowest BCUT2D eigenvalue weighted by Gasteiger charge is -2.14. The van der Waals surface area contributed by atoms with Gasteiger partial charge in [-0.15, -0.1) is 11.6 Å². The smallest absolute Gasteiger partial charge is 0.146 e. The van der Waals surface area contributed by atoms with Crippen LogP contribution in [0.5, 0.6) is 0 Å². The minimum atomic E-state index is -1.07. The Morgan fingerprint density at radius 1 is 1.00 bits per heavy atom. The molecule has 2 aromatic rings. The van der Waals surface area contributed by atoms with Gasteiger partial charge >= 0.3 is 0 Å². The second-order valence-electron chi connectivity index (χ2n) is 4.13. The van der Waals surface area contributed by atoms with E-state index in [-0.39, 0.29) is 21.7 Å². The molecule has 0 saturated heterocycles. The summed E-state index contributed by atoms with van der Waals surface area (Å²) in [4.78, 5) is 0. The van der Waals surface area contributed by atoms with Crippen LogP contribution in [0.4, 0.5) is 13.2 Å². The lowest BCUT2D eigenvalue weighted by molar-refractivity contribution is 0.565. The maximum Gasteiger partial charge on any atom is 0.146 e. The minimum Gasteiger partial charge on any atom is -0.207 e. The molecule has 1 atom stereocenters. The first kappa shape index (κ1) is 14.2. The summed E-state index contributed by atoms with van der Waals surface area (Å²) in [5.41, 5.74) is 0.310. The van der Waals surface area contributed by atoms with Crippen LogP contribution in [0.15, 0.2) is 30.3 Å². The molecule has 0 aliphatic carbocycles. The third-order valence-corrected chi connectivity index (χ3v) is 3.57. The van der Waals surface area contributed by atoms with Gasteiger partial charge in [-0.1, -0.05) is 23.7 Å². The molecule has 0 spiro atoms. The summed E-state index contributed by atoms with van der Waals surface area (Å²) in [6.07, 6.45) is 0. The lowest BCUT2D eigenvalue weighted by Crippen LogP contribution is -2.02. The molecule has 0 nitrogen and oxygen atoms in total. The fourth-order valence-corrected chi connectivity index (χ4v) is 2.28. The highest BCUT2D eigenvalue weighted by molar-refractivity contribution is 6.31.